The Kier molecular flexibility index (Phi) is 6.40. The zero-order valence-electron chi connectivity index (χ0n) is 19.0. The van der Waals surface area contributed by atoms with Gasteiger partial charge in [0.1, 0.15) is 12.6 Å². The summed E-state index contributed by atoms with van der Waals surface area (Å²) in [6.45, 7) is 3.73. The fourth-order valence-electron chi connectivity index (χ4n) is 4.80. The van der Waals surface area contributed by atoms with Gasteiger partial charge >= 0.3 is 12.1 Å². The number of nitrogens with one attached hydrogen (secondary N) is 2. The summed E-state index contributed by atoms with van der Waals surface area (Å²) in [6, 6.07) is 15.3. The Morgan fingerprint density at radius 1 is 1.06 bits per heavy atom. The molecule has 0 heterocycles. The third kappa shape index (κ3) is 4.87. The summed E-state index contributed by atoms with van der Waals surface area (Å²) in [5.74, 6) is -1.34. The number of carbonyl (C=O) groups is 3. The number of aliphatic carboxylic acids is 1. The molecule has 2 aromatic carbocycles. The van der Waals surface area contributed by atoms with Crippen molar-refractivity contribution in [2.24, 2.45) is 5.92 Å². The van der Waals surface area contributed by atoms with Crippen molar-refractivity contribution in [1.29, 1.82) is 0 Å². The summed E-state index contributed by atoms with van der Waals surface area (Å²) in [4.78, 5) is 36.5. The van der Waals surface area contributed by atoms with Crippen LogP contribution in [0, 0.1) is 5.92 Å². The van der Waals surface area contributed by atoms with Crippen molar-refractivity contribution in [3.05, 3.63) is 59.7 Å². The molecule has 2 amide bonds. The summed E-state index contributed by atoms with van der Waals surface area (Å²) in [6.07, 6.45) is 1.55. The lowest BCUT2D eigenvalue weighted by Crippen LogP contribution is -2.52. The highest BCUT2D eigenvalue weighted by molar-refractivity contribution is 5.84. The van der Waals surface area contributed by atoms with Gasteiger partial charge in [0.15, 0.2) is 0 Å². The van der Waals surface area contributed by atoms with E-state index in [0.29, 0.717) is 6.42 Å². The number of carbonyl (C=O) groups excluding carboxylic acids is 2. The predicted molar refractivity (Wildman–Crippen MR) is 124 cm³/mol. The monoisotopic (exact) mass is 450 g/mol. The summed E-state index contributed by atoms with van der Waals surface area (Å²) in [7, 11) is 0. The van der Waals surface area contributed by atoms with Gasteiger partial charge in [-0.25, -0.2) is 9.59 Å². The lowest BCUT2D eigenvalue weighted by molar-refractivity contribution is -0.142. The van der Waals surface area contributed by atoms with Gasteiger partial charge in [-0.3, -0.25) is 4.79 Å². The number of rotatable bonds is 9. The molecule has 1 unspecified atom stereocenters. The number of hydrogen-bond donors (Lipinski definition) is 3. The van der Waals surface area contributed by atoms with Gasteiger partial charge in [-0.1, -0.05) is 55.5 Å². The van der Waals surface area contributed by atoms with Crippen LogP contribution < -0.4 is 10.6 Å². The Morgan fingerprint density at radius 3 is 2.15 bits per heavy atom. The van der Waals surface area contributed by atoms with Crippen LogP contribution in [0.5, 0.6) is 0 Å². The van der Waals surface area contributed by atoms with E-state index in [1.54, 1.807) is 6.92 Å². The fourth-order valence-corrected chi connectivity index (χ4v) is 4.80. The van der Waals surface area contributed by atoms with Crippen LogP contribution >= 0.6 is 0 Å². The van der Waals surface area contributed by atoms with Crippen LogP contribution in [0.2, 0.25) is 0 Å². The SMILES string of the molecule is CC[C@H](NC(=O)CC(C)(NC(=O)OCC1c2ccccc2-c2ccccc21)C1CC1)C(=O)O. The predicted octanol–water partition coefficient (Wildman–Crippen LogP) is 4.06. The highest BCUT2D eigenvalue weighted by atomic mass is 16.5. The van der Waals surface area contributed by atoms with E-state index in [-0.39, 0.29) is 24.9 Å². The van der Waals surface area contributed by atoms with Crippen molar-refractivity contribution >= 4 is 18.0 Å². The average molecular weight is 451 g/mol. The van der Waals surface area contributed by atoms with Crippen LogP contribution in [-0.4, -0.2) is 41.3 Å². The minimum Gasteiger partial charge on any atom is -0.480 e. The second-order valence-corrected chi connectivity index (χ2v) is 9.19. The van der Waals surface area contributed by atoms with Crippen molar-refractivity contribution in [2.45, 2.75) is 57.0 Å². The van der Waals surface area contributed by atoms with Crippen molar-refractivity contribution in [2.75, 3.05) is 6.61 Å². The number of benzene rings is 2. The number of carboxylic acids is 1. The first-order chi connectivity index (χ1) is 15.8. The minimum atomic E-state index is -1.07. The van der Waals surface area contributed by atoms with Gasteiger partial charge in [-0.05, 0) is 54.4 Å². The number of hydrogen-bond acceptors (Lipinski definition) is 4. The van der Waals surface area contributed by atoms with E-state index < -0.39 is 29.6 Å². The highest BCUT2D eigenvalue weighted by Gasteiger charge is 2.45. The normalized spacial score (nSPS) is 17.3. The molecule has 2 aliphatic carbocycles. The molecule has 1 fully saturated rings. The summed E-state index contributed by atoms with van der Waals surface area (Å²) in [5.41, 5.74) is 3.80. The third-order valence-electron chi connectivity index (χ3n) is 6.78. The van der Waals surface area contributed by atoms with E-state index in [0.717, 1.165) is 35.1 Å². The van der Waals surface area contributed by atoms with Crippen LogP contribution in [0.3, 0.4) is 0 Å². The molecule has 0 bridgehead atoms. The van der Waals surface area contributed by atoms with Crippen molar-refractivity contribution < 1.29 is 24.2 Å². The summed E-state index contributed by atoms with van der Waals surface area (Å²) >= 11 is 0. The van der Waals surface area contributed by atoms with Gasteiger partial charge in [0.25, 0.3) is 0 Å². The summed E-state index contributed by atoms with van der Waals surface area (Å²) < 4.78 is 5.66. The Bertz CT molecular complexity index is 1020. The van der Waals surface area contributed by atoms with E-state index in [1.807, 2.05) is 31.2 Å². The van der Waals surface area contributed by atoms with E-state index >= 15 is 0 Å². The van der Waals surface area contributed by atoms with Gasteiger partial charge < -0.3 is 20.5 Å². The number of alkyl carbamates (subject to hydrolysis) is 1. The Labute approximate surface area is 193 Å². The molecule has 0 spiro atoms. The van der Waals surface area contributed by atoms with Gasteiger partial charge in [0, 0.05) is 12.3 Å². The topological polar surface area (TPSA) is 105 Å². The van der Waals surface area contributed by atoms with Crippen LogP contribution in [0.15, 0.2) is 48.5 Å². The van der Waals surface area contributed by atoms with E-state index in [2.05, 4.69) is 34.9 Å². The van der Waals surface area contributed by atoms with Crippen LogP contribution in [0.25, 0.3) is 11.1 Å². The van der Waals surface area contributed by atoms with E-state index in [1.165, 1.54) is 0 Å². The molecule has 0 aliphatic heterocycles. The average Bonchev–Trinajstić information content (AvgIpc) is 3.60. The maximum absolute atomic E-state index is 12.8. The first-order valence-corrected chi connectivity index (χ1v) is 11.5. The number of carboxylic acid groups (broad SMARTS) is 1. The standard InChI is InChI=1S/C26H30N2O5/c1-3-22(24(30)31)27-23(29)14-26(2,16-12-13-16)28-25(32)33-15-21-19-10-6-4-8-17(19)18-9-5-7-11-20(18)21/h4-11,16,21-22H,3,12-15H2,1-2H3,(H,27,29)(H,28,32)(H,30,31)/t22-,26?/m0/s1. The Balaban J connectivity index is 1.40. The number of ether oxygens (including phenoxy) is 1. The zero-order chi connectivity index (χ0) is 23.6. The largest absolute Gasteiger partial charge is 0.480 e. The van der Waals surface area contributed by atoms with E-state index in [4.69, 9.17) is 4.74 Å². The molecular formula is C26H30N2O5. The molecule has 3 N–H and O–H groups in total. The molecule has 4 rings (SSSR count). The molecule has 2 atom stereocenters. The lowest BCUT2D eigenvalue weighted by Gasteiger charge is -2.30. The molecule has 2 aliphatic rings. The molecule has 0 radical (unpaired) electrons. The van der Waals surface area contributed by atoms with Crippen LogP contribution in [0.4, 0.5) is 4.79 Å². The first-order valence-electron chi connectivity index (χ1n) is 11.5. The Hall–Kier alpha value is -3.35. The van der Waals surface area contributed by atoms with Gasteiger partial charge in [-0.2, -0.15) is 0 Å². The fraction of sp³-hybridized carbons (Fsp3) is 0.423. The molecule has 0 saturated heterocycles. The van der Waals surface area contributed by atoms with Crippen molar-refractivity contribution in [3.63, 3.8) is 0 Å². The maximum atomic E-state index is 12.8. The maximum Gasteiger partial charge on any atom is 0.407 e. The Morgan fingerprint density at radius 2 is 1.64 bits per heavy atom. The van der Waals surface area contributed by atoms with Crippen molar-refractivity contribution in [3.8, 4) is 11.1 Å². The quantitative estimate of drug-likeness (QED) is 0.534. The van der Waals surface area contributed by atoms with Crippen LogP contribution in [0.1, 0.15) is 56.6 Å². The molecule has 33 heavy (non-hydrogen) atoms. The van der Waals surface area contributed by atoms with E-state index in [9.17, 15) is 19.5 Å². The molecular weight excluding hydrogens is 420 g/mol. The molecule has 7 nitrogen and oxygen atoms in total. The third-order valence-corrected chi connectivity index (χ3v) is 6.78. The van der Waals surface area contributed by atoms with Crippen LogP contribution in [-0.2, 0) is 14.3 Å². The first kappa shape index (κ1) is 22.8. The van der Waals surface area contributed by atoms with Gasteiger partial charge in [0.2, 0.25) is 5.91 Å². The zero-order valence-corrected chi connectivity index (χ0v) is 19.0. The molecule has 2 aromatic rings. The molecule has 1 saturated carbocycles. The minimum absolute atomic E-state index is 0.00560. The second kappa shape index (κ2) is 9.25. The molecule has 0 aromatic heterocycles. The molecule has 174 valence electrons. The highest BCUT2D eigenvalue weighted by Crippen LogP contribution is 2.45. The second-order valence-electron chi connectivity index (χ2n) is 9.19. The van der Waals surface area contributed by atoms with Gasteiger partial charge in [0.05, 0.1) is 5.54 Å². The smallest absolute Gasteiger partial charge is 0.407 e. The van der Waals surface area contributed by atoms with Crippen molar-refractivity contribution in [1.82, 2.24) is 10.6 Å². The van der Waals surface area contributed by atoms with Gasteiger partial charge in [-0.15, -0.1) is 0 Å². The lowest BCUT2D eigenvalue weighted by atomic mass is 9.91. The number of fused-ring (bicyclic) bond motifs is 3. The molecule has 7 heteroatoms. The summed E-state index contributed by atoms with van der Waals surface area (Å²) in [5, 5.41) is 14.7. The number of amides is 2.